The van der Waals surface area contributed by atoms with Gasteiger partial charge in [0.25, 0.3) is 0 Å². The molecule has 0 saturated carbocycles. The van der Waals surface area contributed by atoms with Crippen molar-refractivity contribution in [1.29, 1.82) is 0 Å². The molecule has 2 rings (SSSR count). The second kappa shape index (κ2) is 6.37. The first-order chi connectivity index (χ1) is 9.06. The summed E-state index contributed by atoms with van der Waals surface area (Å²) in [6.45, 7) is 0. The van der Waals surface area contributed by atoms with Gasteiger partial charge in [0, 0.05) is 27.3 Å². The van der Waals surface area contributed by atoms with Crippen LogP contribution >= 0.6 is 23.4 Å². The molecule has 5 heteroatoms. The first-order valence-electron chi connectivity index (χ1n) is 5.65. The van der Waals surface area contributed by atoms with Crippen LogP contribution in [0.1, 0.15) is 11.6 Å². The summed E-state index contributed by atoms with van der Waals surface area (Å²) in [5, 5.41) is 0.347. The summed E-state index contributed by atoms with van der Waals surface area (Å²) < 4.78 is 26.4. The zero-order valence-corrected chi connectivity index (χ0v) is 11.5. The maximum atomic E-state index is 13.7. The van der Waals surface area contributed by atoms with Gasteiger partial charge < -0.3 is 5.73 Å². The molecule has 0 aliphatic carbocycles. The summed E-state index contributed by atoms with van der Waals surface area (Å²) in [5.74, 6) is -0.179. The Morgan fingerprint density at radius 3 is 2.42 bits per heavy atom. The molecule has 0 fully saturated rings. The third-order valence-electron chi connectivity index (χ3n) is 2.61. The maximum Gasteiger partial charge on any atom is 0.129 e. The Morgan fingerprint density at radius 1 is 1.11 bits per heavy atom. The molecule has 0 saturated heterocycles. The molecule has 1 nitrogen and oxygen atoms in total. The minimum Gasteiger partial charge on any atom is -0.323 e. The molecule has 2 N–H and O–H groups in total. The molecule has 0 heterocycles. The molecule has 0 amide bonds. The van der Waals surface area contributed by atoms with E-state index in [1.165, 1.54) is 30.0 Å². The summed E-state index contributed by atoms with van der Waals surface area (Å²) in [4.78, 5) is 0.895. The van der Waals surface area contributed by atoms with Crippen molar-refractivity contribution < 1.29 is 8.78 Å². The molecular weight excluding hydrogens is 288 g/mol. The fourth-order valence-corrected chi connectivity index (χ4v) is 2.65. The van der Waals surface area contributed by atoms with Crippen molar-refractivity contribution in [2.45, 2.75) is 10.9 Å². The van der Waals surface area contributed by atoms with Crippen LogP contribution in [0.2, 0.25) is 5.02 Å². The van der Waals surface area contributed by atoms with Gasteiger partial charge in [-0.2, -0.15) is 0 Å². The Balaban J connectivity index is 2.01. The summed E-state index contributed by atoms with van der Waals surface area (Å²) in [5.41, 5.74) is 6.38. The molecular formula is C14H12ClF2NS. The van der Waals surface area contributed by atoms with Crippen LogP contribution in [0.15, 0.2) is 47.4 Å². The first kappa shape index (κ1) is 14.3. The van der Waals surface area contributed by atoms with E-state index < -0.39 is 11.9 Å². The molecule has 1 atom stereocenters. The van der Waals surface area contributed by atoms with Gasteiger partial charge in [-0.3, -0.25) is 0 Å². The summed E-state index contributed by atoms with van der Waals surface area (Å²) in [6.07, 6.45) is 0. The van der Waals surface area contributed by atoms with E-state index in [2.05, 4.69) is 0 Å². The van der Waals surface area contributed by atoms with E-state index in [-0.39, 0.29) is 5.82 Å². The van der Waals surface area contributed by atoms with Crippen molar-refractivity contribution in [3.05, 3.63) is 64.7 Å². The molecule has 0 spiro atoms. The van der Waals surface area contributed by atoms with Gasteiger partial charge in [0.15, 0.2) is 0 Å². The van der Waals surface area contributed by atoms with Gasteiger partial charge in [0.1, 0.15) is 11.6 Å². The zero-order valence-electron chi connectivity index (χ0n) is 9.95. The summed E-state index contributed by atoms with van der Waals surface area (Å²) >= 11 is 7.14. The number of benzene rings is 2. The average molecular weight is 300 g/mol. The molecule has 2 aromatic carbocycles. The fourth-order valence-electron chi connectivity index (χ4n) is 1.61. The van der Waals surface area contributed by atoms with Gasteiger partial charge in [-0.1, -0.05) is 17.7 Å². The minimum atomic E-state index is -0.438. The normalized spacial score (nSPS) is 12.4. The maximum absolute atomic E-state index is 13.7. The second-order valence-electron chi connectivity index (χ2n) is 4.04. The third kappa shape index (κ3) is 3.93. The third-order valence-corrected chi connectivity index (χ3v) is 3.97. The standard InChI is InChI=1S/C14H12ClF2NS/c15-9-1-6-12(13(17)7-9)14(18)8-19-11-4-2-10(16)3-5-11/h1-7,14H,8,18H2. The lowest BCUT2D eigenvalue weighted by molar-refractivity contribution is 0.595. The van der Waals surface area contributed by atoms with Crippen LogP contribution in [0.4, 0.5) is 8.78 Å². The molecule has 0 bridgehead atoms. The Bertz CT molecular complexity index is 560. The van der Waals surface area contributed by atoms with E-state index in [0.29, 0.717) is 16.3 Å². The van der Waals surface area contributed by atoms with Crippen molar-refractivity contribution >= 4 is 23.4 Å². The van der Waals surface area contributed by atoms with Crippen molar-refractivity contribution in [1.82, 2.24) is 0 Å². The van der Waals surface area contributed by atoms with E-state index in [4.69, 9.17) is 17.3 Å². The predicted octanol–water partition coefficient (Wildman–Crippen LogP) is 4.41. The van der Waals surface area contributed by atoms with E-state index in [1.54, 1.807) is 24.3 Å². The summed E-state index contributed by atoms with van der Waals surface area (Å²) in [6, 6.07) is 10.1. The number of hydrogen-bond donors (Lipinski definition) is 1. The SMILES string of the molecule is NC(CSc1ccc(F)cc1)c1ccc(Cl)cc1F. The largest absolute Gasteiger partial charge is 0.323 e. The number of nitrogens with two attached hydrogens (primary N) is 1. The molecule has 0 aromatic heterocycles. The van der Waals surface area contributed by atoms with Gasteiger partial charge in [-0.15, -0.1) is 11.8 Å². The number of hydrogen-bond acceptors (Lipinski definition) is 2. The van der Waals surface area contributed by atoms with Crippen LogP contribution in [-0.4, -0.2) is 5.75 Å². The number of rotatable bonds is 4. The second-order valence-corrected chi connectivity index (χ2v) is 5.57. The molecule has 0 aliphatic rings. The van der Waals surface area contributed by atoms with Crippen molar-refractivity contribution in [2.75, 3.05) is 5.75 Å². The Morgan fingerprint density at radius 2 is 1.79 bits per heavy atom. The van der Waals surface area contributed by atoms with Crippen molar-refractivity contribution in [3.8, 4) is 0 Å². The van der Waals surface area contributed by atoms with Crippen molar-refractivity contribution in [3.63, 3.8) is 0 Å². The van der Waals surface area contributed by atoms with Gasteiger partial charge in [0.2, 0.25) is 0 Å². The lowest BCUT2D eigenvalue weighted by Crippen LogP contribution is -2.14. The van der Waals surface area contributed by atoms with E-state index in [1.807, 2.05) is 0 Å². The van der Waals surface area contributed by atoms with Gasteiger partial charge in [0.05, 0.1) is 0 Å². The van der Waals surface area contributed by atoms with Gasteiger partial charge >= 0.3 is 0 Å². The Labute approximate surface area is 119 Å². The molecule has 100 valence electrons. The average Bonchev–Trinajstić information content (AvgIpc) is 2.37. The van der Waals surface area contributed by atoms with Gasteiger partial charge in [-0.25, -0.2) is 8.78 Å². The van der Waals surface area contributed by atoms with Crippen LogP contribution in [-0.2, 0) is 0 Å². The first-order valence-corrected chi connectivity index (χ1v) is 7.01. The minimum absolute atomic E-state index is 0.280. The van der Waals surface area contributed by atoms with E-state index >= 15 is 0 Å². The van der Waals surface area contributed by atoms with Crippen LogP contribution in [0.25, 0.3) is 0 Å². The highest BCUT2D eigenvalue weighted by Crippen LogP contribution is 2.26. The van der Waals surface area contributed by atoms with Crippen LogP contribution in [0.5, 0.6) is 0 Å². The molecule has 0 aliphatic heterocycles. The quantitative estimate of drug-likeness (QED) is 0.846. The molecule has 2 aromatic rings. The lowest BCUT2D eigenvalue weighted by atomic mass is 10.1. The topological polar surface area (TPSA) is 26.0 Å². The molecule has 19 heavy (non-hydrogen) atoms. The van der Waals surface area contributed by atoms with Crippen LogP contribution in [0, 0.1) is 11.6 Å². The van der Waals surface area contributed by atoms with Crippen LogP contribution in [0.3, 0.4) is 0 Å². The highest BCUT2D eigenvalue weighted by Gasteiger charge is 2.12. The predicted molar refractivity (Wildman–Crippen MR) is 75.5 cm³/mol. The summed E-state index contributed by atoms with van der Waals surface area (Å²) in [7, 11) is 0. The molecule has 1 unspecified atom stereocenters. The highest BCUT2D eigenvalue weighted by molar-refractivity contribution is 7.99. The highest BCUT2D eigenvalue weighted by atomic mass is 35.5. The Hall–Kier alpha value is -1.10. The van der Waals surface area contributed by atoms with Crippen LogP contribution < -0.4 is 5.73 Å². The van der Waals surface area contributed by atoms with Crippen molar-refractivity contribution in [2.24, 2.45) is 5.73 Å². The smallest absolute Gasteiger partial charge is 0.129 e. The fraction of sp³-hybridized carbons (Fsp3) is 0.143. The number of halogens is 3. The Kier molecular flexibility index (Phi) is 4.80. The number of thioether (sulfide) groups is 1. The lowest BCUT2D eigenvalue weighted by Gasteiger charge is -2.12. The zero-order chi connectivity index (χ0) is 13.8. The van der Waals surface area contributed by atoms with E-state index in [9.17, 15) is 8.78 Å². The van der Waals surface area contributed by atoms with Gasteiger partial charge in [-0.05, 0) is 36.4 Å². The molecule has 0 radical (unpaired) electrons. The monoisotopic (exact) mass is 299 g/mol. The van der Waals surface area contributed by atoms with E-state index in [0.717, 1.165) is 4.90 Å².